The number of hydrogen-bond donors (Lipinski definition) is 1. The Morgan fingerprint density at radius 3 is 2.22 bits per heavy atom. The minimum atomic E-state index is -0.579. The van der Waals surface area contributed by atoms with E-state index in [1.54, 1.807) is 4.90 Å². The van der Waals surface area contributed by atoms with Crippen molar-refractivity contribution in [2.75, 3.05) is 27.3 Å². The van der Waals surface area contributed by atoms with Crippen LogP contribution in [0.4, 0.5) is 5.69 Å². The normalized spacial score (nSPS) is 21.0. The second-order valence-corrected chi connectivity index (χ2v) is 5.66. The number of carbonyl (C=O) groups is 1. The summed E-state index contributed by atoms with van der Waals surface area (Å²) >= 11 is 0. The maximum atomic E-state index is 12.8. The number of benzene rings is 1. The number of carbonyl (C=O) groups excluding carboxylic acids is 1. The molecule has 1 fully saturated rings. The molecule has 2 atom stereocenters. The number of nitro benzene ring substituents is 1. The van der Waals surface area contributed by atoms with E-state index >= 15 is 0 Å². The van der Waals surface area contributed by atoms with Crippen LogP contribution in [0.15, 0.2) is 12.1 Å². The number of nitrogens with zero attached hydrogens (tertiary/aromatic N) is 2. The Kier molecular flexibility index (Phi) is 5.05. The highest BCUT2D eigenvalue weighted by molar-refractivity contribution is 5.99. The van der Waals surface area contributed by atoms with Gasteiger partial charge >= 0.3 is 0 Å². The van der Waals surface area contributed by atoms with Gasteiger partial charge in [-0.15, -0.1) is 0 Å². The highest BCUT2D eigenvalue weighted by Gasteiger charge is 2.31. The second-order valence-electron chi connectivity index (χ2n) is 5.66. The second kappa shape index (κ2) is 6.82. The van der Waals surface area contributed by atoms with Crippen molar-refractivity contribution in [3.8, 4) is 11.5 Å². The first-order chi connectivity index (χ1) is 10.9. The summed E-state index contributed by atoms with van der Waals surface area (Å²) in [5, 5.41) is 14.7. The summed E-state index contributed by atoms with van der Waals surface area (Å²) in [5.41, 5.74) is -0.277. The summed E-state index contributed by atoms with van der Waals surface area (Å²) in [4.78, 5) is 25.2. The van der Waals surface area contributed by atoms with E-state index in [0.717, 1.165) is 0 Å². The van der Waals surface area contributed by atoms with Crippen LogP contribution in [0.2, 0.25) is 0 Å². The van der Waals surface area contributed by atoms with Crippen LogP contribution < -0.4 is 14.8 Å². The van der Waals surface area contributed by atoms with Crippen molar-refractivity contribution >= 4 is 11.6 Å². The molecule has 1 aromatic carbocycles. The van der Waals surface area contributed by atoms with Gasteiger partial charge in [0.05, 0.1) is 25.2 Å². The lowest BCUT2D eigenvalue weighted by atomic mass is 10.1. The fourth-order valence-electron chi connectivity index (χ4n) is 2.85. The molecule has 0 aromatic heterocycles. The lowest BCUT2D eigenvalue weighted by Crippen LogP contribution is -2.55. The van der Waals surface area contributed by atoms with Crippen LogP contribution >= 0.6 is 0 Å². The van der Waals surface area contributed by atoms with Crippen LogP contribution in [0.3, 0.4) is 0 Å². The van der Waals surface area contributed by atoms with Crippen molar-refractivity contribution in [2.45, 2.75) is 25.9 Å². The Morgan fingerprint density at radius 2 is 1.74 bits per heavy atom. The molecule has 0 bridgehead atoms. The molecule has 0 radical (unpaired) electrons. The number of nitro groups is 1. The predicted octanol–water partition coefficient (Wildman–Crippen LogP) is 1.43. The van der Waals surface area contributed by atoms with E-state index in [1.807, 2.05) is 13.8 Å². The molecule has 1 heterocycles. The van der Waals surface area contributed by atoms with E-state index in [0.29, 0.717) is 13.1 Å². The van der Waals surface area contributed by atoms with Crippen molar-refractivity contribution in [2.24, 2.45) is 0 Å². The van der Waals surface area contributed by atoms with Gasteiger partial charge in [0.2, 0.25) is 0 Å². The van der Waals surface area contributed by atoms with Gasteiger partial charge in [-0.2, -0.15) is 0 Å². The number of piperazine rings is 1. The van der Waals surface area contributed by atoms with Crippen molar-refractivity contribution in [1.29, 1.82) is 0 Å². The fraction of sp³-hybridized carbons (Fsp3) is 0.533. The molecule has 2 rings (SSSR count). The van der Waals surface area contributed by atoms with Gasteiger partial charge < -0.3 is 19.7 Å². The summed E-state index contributed by atoms with van der Waals surface area (Å²) in [6.07, 6.45) is 0. The molecule has 1 aliphatic heterocycles. The lowest BCUT2D eigenvalue weighted by Gasteiger charge is -2.36. The Bertz CT molecular complexity index is 609. The predicted molar refractivity (Wildman–Crippen MR) is 84.2 cm³/mol. The Labute approximate surface area is 134 Å². The van der Waals surface area contributed by atoms with E-state index in [1.165, 1.54) is 26.4 Å². The van der Waals surface area contributed by atoms with Crippen LogP contribution in [0, 0.1) is 10.1 Å². The van der Waals surface area contributed by atoms with Crippen molar-refractivity contribution in [3.05, 3.63) is 27.8 Å². The van der Waals surface area contributed by atoms with Crippen LogP contribution in [0.5, 0.6) is 11.5 Å². The summed E-state index contributed by atoms with van der Waals surface area (Å²) in [6.45, 7) is 4.93. The standard InChI is InChI=1S/C15H21N3O5/c1-9-7-17(8-10(2)16-9)15(19)11-5-13(22-3)14(23-4)6-12(11)18(20)21/h5-6,9-10,16H,7-8H2,1-4H3. The topological polar surface area (TPSA) is 93.9 Å². The first-order valence-electron chi connectivity index (χ1n) is 7.33. The molecule has 1 aromatic rings. The molecule has 1 aliphatic rings. The SMILES string of the molecule is COc1cc(C(=O)N2CC(C)NC(C)C2)c([N+](=O)[O-])cc1OC. The van der Waals surface area contributed by atoms with Gasteiger partial charge in [-0.05, 0) is 13.8 Å². The molecule has 0 aliphatic carbocycles. The van der Waals surface area contributed by atoms with Crippen LogP contribution in [-0.4, -0.2) is 55.1 Å². The summed E-state index contributed by atoms with van der Waals surface area (Å²) in [5.74, 6) is 0.133. The average molecular weight is 323 g/mol. The average Bonchev–Trinajstić information content (AvgIpc) is 2.51. The number of methoxy groups -OCH3 is 2. The van der Waals surface area contributed by atoms with Crippen molar-refractivity contribution in [1.82, 2.24) is 10.2 Å². The highest BCUT2D eigenvalue weighted by Crippen LogP contribution is 2.35. The molecule has 1 amide bonds. The van der Waals surface area contributed by atoms with Crippen LogP contribution in [0.1, 0.15) is 24.2 Å². The maximum absolute atomic E-state index is 12.8. The molecule has 8 nitrogen and oxygen atoms in total. The number of rotatable bonds is 4. The first kappa shape index (κ1) is 17.0. The molecule has 8 heteroatoms. The molecule has 1 N–H and O–H groups in total. The molecule has 23 heavy (non-hydrogen) atoms. The molecular weight excluding hydrogens is 302 g/mol. The quantitative estimate of drug-likeness (QED) is 0.665. The van der Waals surface area contributed by atoms with Gasteiger partial charge in [0.15, 0.2) is 11.5 Å². The van der Waals surface area contributed by atoms with Gasteiger partial charge in [-0.1, -0.05) is 0 Å². The van der Waals surface area contributed by atoms with E-state index in [2.05, 4.69) is 5.32 Å². The Morgan fingerprint density at radius 1 is 1.22 bits per heavy atom. The Hall–Kier alpha value is -2.35. The van der Waals surface area contributed by atoms with Crippen molar-refractivity contribution in [3.63, 3.8) is 0 Å². The molecular formula is C15H21N3O5. The summed E-state index contributed by atoms with van der Waals surface area (Å²) in [7, 11) is 2.82. The number of ether oxygens (including phenoxy) is 2. The summed E-state index contributed by atoms with van der Waals surface area (Å²) in [6, 6.07) is 2.85. The zero-order valence-electron chi connectivity index (χ0n) is 13.7. The number of amides is 1. The zero-order chi connectivity index (χ0) is 17.1. The van der Waals surface area contributed by atoms with Gasteiger partial charge in [0.25, 0.3) is 11.6 Å². The largest absolute Gasteiger partial charge is 0.493 e. The van der Waals surface area contributed by atoms with Gasteiger partial charge in [0, 0.05) is 31.2 Å². The fourth-order valence-corrected chi connectivity index (χ4v) is 2.85. The van der Waals surface area contributed by atoms with Gasteiger partial charge in [-0.25, -0.2) is 0 Å². The van der Waals surface area contributed by atoms with E-state index in [9.17, 15) is 14.9 Å². The third kappa shape index (κ3) is 3.53. The molecule has 126 valence electrons. The van der Waals surface area contributed by atoms with E-state index < -0.39 is 4.92 Å². The third-order valence-corrected chi connectivity index (χ3v) is 3.77. The van der Waals surface area contributed by atoms with Crippen molar-refractivity contribution < 1.29 is 19.2 Å². The van der Waals surface area contributed by atoms with Crippen LogP contribution in [0.25, 0.3) is 0 Å². The minimum Gasteiger partial charge on any atom is -0.493 e. The van der Waals surface area contributed by atoms with Gasteiger partial charge in [0.1, 0.15) is 5.56 Å². The number of hydrogen-bond acceptors (Lipinski definition) is 6. The molecule has 0 saturated carbocycles. The van der Waals surface area contributed by atoms with E-state index in [-0.39, 0.29) is 40.7 Å². The molecule has 0 spiro atoms. The molecule has 1 saturated heterocycles. The monoisotopic (exact) mass is 323 g/mol. The zero-order valence-corrected chi connectivity index (χ0v) is 13.7. The van der Waals surface area contributed by atoms with E-state index in [4.69, 9.17) is 9.47 Å². The highest BCUT2D eigenvalue weighted by atomic mass is 16.6. The smallest absolute Gasteiger partial charge is 0.286 e. The minimum absolute atomic E-state index is 0.00829. The van der Waals surface area contributed by atoms with Crippen LogP contribution in [-0.2, 0) is 0 Å². The molecule has 2 unspecified atom stereocenters. The third-order valence-electron chi connectivity index (χ3n) is 3.77. The lowest BCUT2D eigenvalue weighted by molar-refractivity contribution is -0.385. The van der Waals surface area contributed by atoms with Gasteiger partial charge in [-0.3, -0.25) is 14.9 Å². The summed E-state index contributed by atoms with van der Waals surface area (Å²) < 4.78 is 10.2. The number of nitrogens with one attached hydrogen (secondary N) is 1. The maximum Gasteiger partial charge on any atom is 0.286 e. The first-order valence-corrected chi connectivity index (χ1v) is 7.33. The Balaban J connectivity index is 2.44.